The summed E-state index contributed by atoms with van der Waals surface area (Å²) in [5.41, 5.74) is 2.28. The average Bonchev–Trinajstić information content (AvgIpc) is 2.19. The van der Waals surface area contributed by atoms with E-state index in [0.717, 1.165) is 25.1 Å². The number of hydrogen-bond donors (Lipinski definition) is 1. The molecule has 2 nitrogen and oxygen atoms in total. The number of hydrogen-bond acceptors (Lipinski definition) is 2. The summed E-state index contributed by atoms with van der Waals surface area (Å²) >= 11 is 0. The summed E-state index contributed by atoms with van der Waals surface area (Å²) in [6.07, 6.45) is 0.587. The van der Waals surface area contributed by atoms with Crippen LogP contribution in [0.5, 0.6) is 0 Å². The first kappa shape index (κ1) is 8.57. The molecule has 0 unspecified atom stereocenters. The molecule has 0 radical (unpaired) electrons. The Balaban J connectivity index is 2.42. The third kappa shape index (κ3) is 1.42. The summed E-state index contributed by atoms with van der Waals surface area (Å²) in [6, 6.07) is 8.11. The normalized spacial score (nSPS) is 21.4. The number of para-hydroxylation sites is 1. The predicted octanol–water partition coefficient (Wildman–Crippen LogP) is 1.95. The Morgan fingerprint density at radius 2 is 2.23 bits per heavy atom. The van der Waals surface area contributed by atoms with E-state index in [2.05, 4.69) is 17.9 Å². The monoisotopic (exact) mass is 177 g/mol. The fourth-order valence-corrected chi connectivity index (χ4v) is 1.94. The van der Waals surface area contributed by atoms with E-state index < -0.39 is 0 Å². The number of aliphatic hydroxyl groups excluding tert-OH is 1. The van der Waals surface area contributed by atoms with Crippen molar-refractivity contribution in [3.8, 4) is 0 Å². The molecule has 2 rings (SSSR count). The van der Waals surface area contributed by atoms with E-state index in [0.29, 0.717) is 0 Å². The largest absolute Gasteiger partial charge is 0.388 e. The van der Waals surface area contributed by atoms with Crippen LogP contribution in [0, 0.1) is 0 Å². The van der Waals surface area contributed by atoms with E-state index in [4.69, 9.17) is 0 Å². The van der Waals surface area contributed by atoms with Gasteiger partial charge in [-0.05, 0) is 19.4 Å². The van der Waals surface area contributed by atoms with Crippen molar-refractivity contribution >= 4 is 5.69 Å². The lowest BCUT2D eigenvalue weighted by molar-refractivity contribution is 0.164. The highest BCUT2D eigenvalue weighted by Crippen LogP contribution is 2.32. The lowest BCUT2D eigenvalue weighted by atomic mass is 9.99. The third-order valence-corrected chi connectivity index (χ3v) is 2.69. The molecular weight excluding hydrogens is 162 g/mol. The molecule has 1 aromatic carbocycles. The quantitative estimate of drug-likeness (QED) is 0.708. The number of aliphatic hydroxyl groups is 1. The first-order valence-corrected chi connectivity index (χ1v) is 4.85. The Kier molecular flexibility index (Phi) is 2.23. The maximum atomic E-state index is 9.75. The smallest absolute Gasteiger partial charge is 0.0826 e. The van der Waals surface area contributed by atoms with Crippen LogP contribution in [0.2, 0.25) is 0 Å². The van der Waals surface area contributed by atoms with Crippen LogP contribution in [0.15, 0.2) is 24.3 Å². The standard InChI is InChI=1S/C11H15NO/c1-2-12-8-7-11(13)9-5-3-4-6-10(9)12/h3-6,11,13H,2,7-8H2,1H3/t11-/m1/s1. The molecule has 0 saturated heterocycles. The second kappa shape index (κ2) is 3.38. The number of benzene rings is 1. The Morgan fingerprint density at radius 3 is 3.00 bits per heavy atom. The predicted molar refractivity (Wildman–Crippen MR) is 53.9 cm³/mol. The van der Waals surface area contributed by atoms with E-state index in [-0.39, 0.29) is 6.10 Å². The highest BCUT2D eigenvalue weighted by Gasteiger charge is 2.21. The molecule has 70 valence electrons. The zero-order chi connectivity index (χ0) is 9.26. The SMILES string of the molecule is CCN1CC[C@@H](O)c2ccccc21. The molecule has 0 fully saturated rings. The van der Waals surface area contributed by atoms with E-state index in [9.17, 15) is 5.11 Å². The molecule has 1 atom stereocenters. The summed E-state index contributed by atoms with van der Waals surface area (Å²) in [7, 11) is 0. The molecular formula is C11H15NO. The first-order valence-electron chi connectivity index (χ1n) is 4.85. The Labute approximate surface area is 78.8 Å². The molecule has 0 spiro atoms. The van der Waals surface area contributed by atoms with Crippen LogP contribution in [0.3, 0.4) is 0 Å². The third-order valence-electron chi connectivity index (χ3n) is 2.69. The molecule has 13 heavy (non-hydrogen) atoms. The minimum atomic E-state index is -0.265. The van der Waals surface area contributed by atoms with Crippen molar-refractivity contribution in [1.29, 1.82) is 0 Å². The topological polar surface area (TPSA) is 23.5 Å². The van der Waals surface area contributed by atoms with E-state index >= 15 is 0 Å². The van der Waals surface area contributed by atoms with Crippen LogP contribution in [-0.4, -0.2) is 18.2 Å². The van der Waals surface area contributed by atoms with Gasteiger partial charge in [-0.3, -0.25) is 0 Å². The second-order valence-corrected chi connectivity index (χ2v) is 3.44. The van der Waals surface area contributed by atoms with Gasteiger partial charge in [0, 0.05) is 24.3 Å². The van der Waals surface area contributed by atoms with Crippen LogP contribution < -0.4 is 4.90 Å². The van der Waals surface area contributed by atoms with Crippen LogP contribution in [0.4, 0.5) is 5.69 Å². The van der Waals surface area contributed by atoms with Gasteiger partial charge in [-0.25, -0.2) is 0 Å². The molecule has 1 aliphatic heterocycles. The summed E-state index contributed by atoms with van der Waals surface area (Å²) in [5.74, 6) is 0. The molecule has 0 aliphatic carbocycles. The fraction of sp³-hybridized carbons (Fsp3) is 0.455. The van der Waals surface area contributed by atoms with Crippen molar-refractivity contribution in [2.24, 2.45) is 0 Å². The van der Waals surface area contributed by atoms with E-state index in [1.54, 1.807) is 0 Å². The van der Waals surface area contributed by atoms with E-state index in [1.165, 1.54) is 5.69 Å². The van der Waals surface area contributed by atoms with Crippen molar-refractivity contribution in [2.75, 3.05) is 18.0 Å². The Hall–Kier alpha value is -1.02. The number of rotatable bonds is 1. The van der Waals surface area contributed by atoms with Gasteiger partial charge in [-0.2, -0.15) is 0 Å². The summed E-state index contributed by atoms with van der Waals surface area (Å²) < 4.78 is 0. The first-order chi connectivity index (χ1) is 6.33. The lowest BCUT2D eigenvalue weighted by Crippen LogP contribution is -2.30. The van der Waals surface area contributed by atoms with Crippen molar-refractivity contribution in [2.45, 2.75) is 19.4 Å². The van der Waals surface area contributed by atoms with Crippen molar-refractivity contribution in [3.05, 3.63) is 29.8 Å². The van der Waals surface area contributed by atoms with Gasteiger partial charge in [0.15, 0.2) is 0 Å². The van der Waals surface area contributed by atoms with Gasteiger partial charge in [-0.15, -0.1) is 0 Å². The highest BCUT2D eigenvalue weighted by molar-refractivity contribution is 5.56. The summed E-state index contributed by atoms with van der Waals surface area (Å²) in [4.78, 5) is 2.31. The average molecular weight is 177 g/mol. The maximum Gasteiger partial charge on any atom is 0.0826 e. The summed E-state index contributed by atoms with van der Waals surface area (Å²) in [5, 5.41) is 9.75. The zero-order valence-corrected chi connectivity index (χ0v) is 7.90. The lowest BCUT2D eigenvalue weighted by Gasteiger charge is -2.32. The van der Waals surface area contributed by atoms with Gasteiger partial charge in [0.2, 0.25) is 0 Å². The van der Waals surface area contributed by atoms with Crippen LogP contribution in [0.25, 0.3) is 0 Å². The van der Waals surface area contributed by atoms with Crippen molar-refractivity contribution in [3.63, 3.8) is 0 Å². The Bertz CT molecular complexity index is 298. The van der Waals surface area contributed by atoms with Gasteiger partial charge in [0.25, 0.3) is 0 Å². The molecule has 1 aliphatic rings. The number of anilines is 1. The van der Waals surface area contributed by atoms with Gasteiger partial charge in [0.05, 0.1) is 6.10 Å². The molecule has 1 aromatic rings. The maximum absolute atomic E-state index is 9.75. The zero-order valence-electron chi connectivity index (χ0n) is 7.90. The Morgan fingerprint density at radius 1 is 1.46 bits per heavy atom. The van der Waals surface area contributed by atoms with E-state index in [1.807, 2.05) is 18.2 Å². The van der Waals surface area contributed by atoms with Crippen molar-refractivity contribution in [1.82, 2.24) is 0 Å². The van der Waals surface area contributed by atoms with Gasteiger partial charge < -0.3 is 10.0 Å². The minimum absolute atomic E-state index is 0.265. The van der Waals surface area contributed by atoms with Gasteiger partial charge in [0.1, 0.15) is 0 Å². The molecule has 0 aromatic heterocycles. The number of fused-ring (bicyclic) bond motifs is 1. The molecule has 1 N–H and O–H groups in total. The minimum Gasteiger partial charge on any atom is -0.388 e. The summed E-state index contributed by atoms with van der Waals surface area (Å²) in [6.45, 7) is 4.13. The molecule has 1 heterocycles. The molecule has 0 bridgehead atoms. The fourth-order valence-electron chi connectivity index (χ4n) is 1.94. The molecule has 0 saturated carbocycles. The van der Waals surface area contributed by atoms with Crippen LogP contribution >= 0.6 is 0 Å². The van der Waals surface area contributed by atoms with Crippen LogP contribution in [0.1, 0.15) is 25.0 Å². The molecule has 0 amide bonds. The van der Waals surface area contributed by atoms with Gasteiger partial charge in [-0.1, -0.05) is 18.2 Å². The van der Waals surface area contributed by atoms with Gasteiger partial charge >= 0.3 is 0 Å². The van der Waals surface area contributed by atoms with Crippen LogP contribution in [-0.2, 0) is 0 Å². The second-order valence-electron chi connectivity index (χ2n) is 3.44. The molecule has 2 heteroatoms. The number of nitrogens with zero attached hydrogens (tertiary/aromatic N) is 1. The van der Waals surface area contributed by atoms with Crippen molar-refractivity contribution < 1.29 is 5.11 Å². The highest BCUT2D eigenvalue weighted by atomic mass is 16.3.